The molecule has 36 heavy (non-hydrogen) atoms. The van der Waals surface area contributed by atoms with Crippen molar-refractivity contribution < 1.29 is 19.1 Å². The Balaban J connectivity index is 1.75. The fourth-order valence-electron chi connectivity index (χ4n) is 4.85. The molecule has 7 nitrogen and oxygen atoms in total. The number of nitrogens with zero attached hydrogens (tertiary/aromatic N) is 3. The summed E-state index contributed by atoms with van der Waals surface area (Å²) in [6.45, 7) is 10.5. The summed E-state index contributed by atoms with van der Waals surface area (Å²) in [7, 11) is 0. The largest absolute Gasteiger partial charge is 0.518 e. The summed E-state index contributed by atoms with van der Waals surface area (Å²) in [6.07, 6.45) is 4.38. The Labute approximate surface area is 207 Å². The number of pyridine rings is 1. The van der Waals surface area contributed by atoms with Crippen molar-refractivity contribution in [1.29, 1.82) is 0 Å². The average molecular weight is 483 g/mol. The van der Waals surface area contributed by atoms with Gasteiger partial charge in [0.15, 0.2) is 0 Å². The van der Waals surface area contributed by atoms with Gasteiger partial charge in [-0.1, -0.05) is 12.1 Å². The standard InChI is InChI=1S/C28H23FN4O3/c1-15-9-17(11-18(29)10-15)22-14-32-23-4-3-16(20-13-24(34)28(36)25(31-2)27(20)35)12-21(23)26(22)33-7-5-19(30)6-8-33/h3-4,9-14,19,35H,5-8,30H2,1H3. The molecule has 1 aliphatic heterocycles. The molecule has 1 aromatic heterocycles. The summed E-state index contributed by atoms with van der Waals surface area (Å²) in [5.74, 6) is -2.75. The number of aliphatic hydroxyl groups is 1. The molecule has 2 aliphatic rings. The molecule has 0 amide bonds. The quantitative estimate of drug-likeness (QED) is 0.324. The zero-order valence-corrected chi connectivity index (χ0v) is 19.6. The minimum Gasteiger partial charge on any atom is -0.518 e. The average Bonchev–Trinajstić information content (AvgIpc) is 2.85. The first-order valence-corrected chi connectivity index (χ1v) is 11.6. The number of carbonyl (C=O) groups excluding carboxylic acids is 2. The fourth-order valence-corrected chi connectivity index (χ4v) is 4.85. The molecule has 5 rings (SSSR count). The predicted octanol–water partition coefficient (Wildman–Crippen LogP) is 4.50. The molecule has 1 fully saturated rings. The number of rotatable bonds is 3. The number of hydrogen-bond acceptors (Lipinski definition) is 6. The molecule has 3 N–H and O–H groups in total. The van der Waals surface area contributed by atoms with Gasteiger partial charge in [0.1, 0.15) is 11.6 Å². The number of ketones is 2. The summed E-state index contributed by atoms with van der Waals surface area (Å²) in [5.41, 5.74) is 9.87. The van der Waals surface area contributed by atoms with Gasteiger partial charge in [-0.2, -0.15) is 0 Å². The lowest BCUT2D eigenvalue weighted by atomic mass is 9.92. The van der Waals surface area contributed by atoms with Crippen molar-refractivity contribution in [1.82, 2.24) is 4.98 Å². The van der Waals surface area contributed by atoms with E-state index in [2.05, 4.69) is 14.7 Å². The normalized spacial score (nSPS) is 16.9. The molecule has 0 spiro atoms. The maximum Gasteiger partial charge on any atom is 0.278 e. The van der Waals surface area contributed by atoms with Crippen LogP contribution < -0.4 is 10.6 Å². The molecular weight excluding hydrogens is 459 g/mol. The lowest BCUT2D eigenvalue weighted by molar-refractivity contribution is -0.131. The molecule has 2 heterocycles. The molecule has 0 radical (unpaired) electrons. The number of aliphatic hydroxyl groups excluding tert-OH is 1. The number of nitrogens with two attached hydrogens (primary N) is 1. The summed E-state index contributed by atoms with van der Waals surface area (Å²) < 4.78 is 14.4. The lowest BCUT2D eigenvalue weighted by Crippen LogP contribution is -2.40. The minimum atomic E-state index is -1.03. The Morgan fingerprint density at radius 1 is 1.14 bits per heavy atom. The molecule has 0 saturated carbocycles. The molecular formula is C28H23FN4O3. The zero-order chi connectivity index (χ0) is 25.6. The molecule has 3 aromatic rings. The Bertz CT molecular complexity index is 1520. The first-order chi connectivity index (χ1) is 17.3. The Morgan fingerprint density at radius 2 is 1.89 bits per heavy atom. The van der Waals surface area contributed by atoms with Crippen LogP contribution in [0.25, 0.3) is 32.4 Å². The van der Waals surface area contributed by atoms with E-state index in [-0.39, 0.29) is 17.4 Å². The molecule has 0 unspecified atom stereocenters. The smallest absolute Gasteiger partial charge is 0.278 e. The van der Waals surface area contributed by atoms with Crippen LogP contribution in [0.3, 0.4) is 0 Å². The summed E-state index contributed by atoms with van der Waals surface area (Å²) in [6, 6.07) is 10.2. The number of halogens is 1. The van der Waals surface area contributed by atoms with Gasteiger partial charge in [0.25, 0.3) is 5.70 Å². The summed E-state index contributed by atoms with van der Waals surface area (Å²) in [5, 5.41) is 11.4. The SMILES string of the molecule is [C-]#[N+]C1=C(O)C(c2ccc3ncc(-c4cc(C)cc(F)c4)c(N4CCC(N)CC4)c3c2)=CC(=O)C1=O. The van der Waals surface area contributed by atoms with Gasteiger partial charge in [-0.3, -0.25) is 14.6 Å². The molecule has 1 aliphatic carbocycles. The highest BCUT2D eigenvalue weighted by Gasteiger charge is 2.30. The van der Waals surface area contributed by atoms with E-state index in [1.807, 2.05) is 13.0 Å². The van der Waals surface area contributed by atoms with Gasteiger partial charge in [0.05, 0.1) is 17.8 Å². The van der Waals surface area contributed by atoms with Gasteiger partial charge < -0.3 is 15.7 Å². The van der Waals surface area contributed by atoms with Gasteiger partial charge in [0.2, 0.25) is 11.6 Å². The Hall–Kier alpha value is -4.35. The van der Waals surface area contributed by atoms with Crippen molar-refractivity contribution in [3.63, 3.8) is 0 Å². The number of Topliss-reactive ketones (excluding diaryl/α,β-unsaturated/α-hetero) is 1. The minimum absolute atomic E-state index is 0.103. The number of hydrogen-bond donors (Lipinski definition) is 2. The van der Waals surface area contributed by atoms with Crippen LogP contribution in [0.1, 0.15) is 24.0 Å². The Morgan fingerprint density at radius 3 is 2.58 bits per heavy atom. The number of fused-ring (bicyclic) bond motifs is 1. The zero-order valence-electron chi connectivity index (χ0n) is 19.6. The molecule has 8 heteroatoms. The highest BCUT2D eigenvalue weighted by atomic mass is 19.1. The second-order valence-electron chi connectivity index (χ2n) is 9.15. The summed E-state index contributed by atoms with van der Waals surface area (Å²) in [4.78, 5) is 34.1. The number of carbonyl (C=O) groups is 2. The molecule has 1 saturated heterocycles. The van der Waals surface area contributed by atoms with E-state index in [0.717, 1.165) is 41.1 Å². The van der Waals surface area contributed by atoms with Crippen LogP contribution in [0.2, 0.25) is 0 Å². The maximum atomic E-state index is 14.4. The topological polar surface area (TPSA) is 101 Å². The number of benzene rings is 2. The van der Waals surface area contributed by atoms with E-state index in [1.54, 1.807) is 24.4 Å². The van der Waals surface area contributed by atoms with E-state index >= 15 is 0 Å². The molecule has 2 aromatic carbocycles. The number of piperidine rings is 1. The number of aromatic nitrogens is 1. The third-order valence-corrected chi connectivity index (χ3v) is 6.67. The van der Waals surface area contributed by atoms with Crippen LogP contribution in [0.5, 0.6) is 0 Å². The third-order valence-electron chi connectivity index (χ3n) is 6.67. The highest BCUT2D eigenvalue weighted by Crippen LogP contribution is 2.40. The van der Waals surface area contributed by atoms with Crippen LogP contribution in [0.4, 0.5) is 10.1 Å². The van der Waals surface area contributed by atoms with E-state index in [1.165, 1.54) is 12.1 Å². The van der Waals surface area contributed by atoms with Crippen molar-refractivity contribution in [3.05, 3.63) is 88.5 Å². The fraction of sp³-hybridized carbons (Fsp3) is 0.214. The van der Waals surface area contributed by atoms with Crippen molar-refractivity contribution in [3.8, 4) is 11.1 Å². The van der Waals surface area contributed by atoms with Crippen LogP contribution in [0, 0.1) is 19.3 Å². The number of anilines is 1. The van der Waals surface area contributed by atoms with Gasteiger partial charge in [-0.15, -0.1) is 0 Å². The maximum absolute atomic E-state index is 14.4. The van der Waals surface area contributed by atoms with E-state index in [9.17, 15) is 19.1 Å². The van der Waals surface area contributed by atoms with Crippen LogP contribution in [0.15, 0.2) is 60.1 Å². The van der Waals surface area contributed by atoms with E-state index in [4.69, 9.17) is 12.3 Å². The van der Waals surface area contributed by atoms with Crippen molar-refractivity contribution >= 4 is 33.7 Å². The first kappa shape index (κ1) is 23.4. The Kier molecular flexibility index (Phi) is 5.86. The molecule has 180 valence electrons. The van der Waals surface area contributed by atoms with E-state index < -0.39 is 23.0 Å². The van der Waals surface area contributed by atoms with Crippen molar-refractivity contribution in [2.24, 2.45) is 5.73 Å². The molecule has 0 atom stereocenters. The lowest BCUT2D eigenvalue weighted by Gasteiger charge is -2.34. The monoisotopic (exact) mass is 482 g/mol. The van der Waals surface area contributed by atoms with Crippen molar-refractivity contribution in [2.45, 2.75) is 25.8 Å². The third kappa shape index (κ3) is 4.04. The first-order valence-electron chi connectivity index (χ1n) is 11.6. The second-order valence-corrected chi connectivity index (χ2v) is 9.15. The van der Waals surface area contributed by atoms with Crippen LogP contribution in [-0.4, -0.2) is 40.8 Å². The van der Waals surface area contributed by atoms with Gasteiger partial charge in [-0.05, 0) is 66.8 Å². The van der Waals surface area contributed by atoms with Crippen molar-refractivity contribution in [2.75, 3.05) is 18.0 Å². The predicted molar refractivity (Wildman–Crippen MR) is 136 cm³/mol. The molecule has 0 bridgehead atoms. The number of allylic oxidation sites excluding steroid dienone is 3. The van der Waals surface area contributed by atoms with Crippen LogP contribution >= 0.6 is 0 Å². The second kappa shape index (κ2) is 9.02. The van der Waals surface area contributed by atoms with Gasteiger partial charge >= 0.3 is 0 Å². The van der Waals surface area contributed by atoms with Gasteiger partial charge in [-0.25, -0.2) is 9.24 Å². The highest BCUT2D eigenvalue weighted by molar-refractivity contribution is 6.50. The van der Waals surface area contributed by atoms with Gasteiger partial charge in [0, 0.05) is 41.9 Å². The van der Waals surface area contributed by atoms with Crippen LogP contribution in [-0.2, 0) is 9.59 Å². The van der Waals surface area contributed by atoms with E-state index in [0.29, 0.717) is 29.7 Å². The summed E-state index contributed by atoms with van der Waals surface area (Å²) >= 11 is 0. The number of aryl methyl sites for hydroxylation is 1.